The molecule has 1 N–H and O–H groups in total. The zero-order valence-corrected chi connectivity index (χ0v) is 14.5. The van der Waals surface area contributed by atoms with Gasteiger partial charge in [-0.3, -0.25) is 4.79 Å². The summed E-state index contributed by atoms with van der Waals surface area (Å²) in [5.74, 6) is 0.635. The van der Waals surface area contributed by atoms with Crippen molar-refractivity contribution >= 4 is 17.6 Å². The minimum Gasteiger partial charge on any atom is -0.454 e. The molecular formula is C17H22N2O6. The van der Waals surface area contributed by atoms with Crippen LogP contribution in [0, 0.1) is 5.92 Å². The zero-order valence-electron chi connectivity index (χ0n) is 14.5. The summed E-state index contributed by atoms with van der Waals surface area (Å²) in [7, 11) is 0. The van der Waals surface area contributed by atoms with E-state index >= 15 is 0 Å². The summed E-state index contributed by atoms with van der Waals surface area (Å²) in [6.45, 7) is 5.70. The average Bonchev–Trinajstić information content (AvgIpc) is 3.05. The molecule has 0 spiro atoms. The summed E-state index contributed by atoms with van der Waals surface area (Å²) in [5, 5.41) is 6.51. The smallest absolute Gasteiger partial charge is 0.347 e. The van der Waals surface area contributed by atoms with Crippen molar-refractivity contribution in [3.63, 3.8) is 0 Å². The number of rotatable bonds is 8. The standard InChI is InChI=1S/C17H22N2O6/c1-11(2)7-18-16(20)8-22-17(21)9-25-19-12(3)13-4-5-14-15(6-13)24-10-23-14/h4-6,11H,7-10H2,1-3H3,(H,18,20)/b19-12-. The maximum Gasteiger partial charge on any atom is 0.347 e. The molecule has 8 heteroatoms. The van der Waals surface area contributed by atoms with Crippen molar-refractivity contribution < 1.29 is 28.6 Å². The highest BCUT2D eigenvalue weighted by atomic mass is 16.7. The Balaban J connectivity index is 1.72. The minimum absolute atomic E-state index is 0.196. The molecule has 1 amide bonds. The molecule has 1 aromatic carbocycles. The first-order chi connectivity index (χ1) is 12.0. The second-order valence-electron chi connectivity index (χ2n) is 5.88. The van der Waals surface area contributed by atoms with E-state index in [9.17, 15) is 9.59 Å². The third kappa shape index (κ3) is 5.98. The van der Waals surface area contributed by atoms with Crippen molar-refractivity contribution in [3.05, 3.63) is 23.8 Å². The number of hydrogen-bond donors (Lipinski definition) is 1. The van der Waals surface area contributed by atoms with Crippen LogP contribution >= 0.6 is 0 Å². The van der Waals surface area contributed by atoms with Crippen LogP contribution in [0.25, 0.3) is 0 Å². The van der Waals surface area contributed by atoms with Gasteiger partial charge in [-0.1, -0.05) is 19.0 Å². The number of carbonyl (C=O) groups is 2. The maximum atomic E-state index is 11.5. The SMILES string of the molecule is C/C(=N/OCC(=O)OCC(=O)NCC(C)C)c1ccc2c(c1)OCO2. The fourth-order valence-electron chi connectivity index (χ4n) is 1.91. The minimum atomic E-state index is -0.665. The molecule has 1 aliphatic rings. The maximum absolute atomic E-state index is 11.5. The Labute approximate surface area is 146 Å². The summed E-state index contributed by atoms with van der Waals surface area (Å²) < 4.78 is 15.3. The van der Waals surface area contributed by atoms with Gasteiger partial charge in [-0.25, -0.2) is 4.79 Å². The van der Waals surface area contributed by atoms with Crippen LogP contribution in [0.15, 0.2) is 23.4 Å². The first-order valence-corrected chi connectivity index (χ1v) is 7.94. The van der Waals surface area contributed by atoms with E-state index in [1.807, 2.05) is 19.9 Å². The van der Waals surface area contributed by atoms with E-state index in [0.29, 0.717) is 29.7 Å². The summed E-state index contributed by atoms with van der Waals surface area (Å²) in [6.07, 6.45) is 0. The van der Waals surface area contributed by atoms with E-state index in [-0.39, 0.29) is 25.9 Å². The Morgan fingerprint density at radius 3 is 2.76 bits per heavy atom. The highest BCUT2D eigenvalue weighted by Gasteiger charge is 2.14. The van der Waals surface area contributed by atoms with E-state index < -0.39 is 5.97 Å². The van der Waals surface area contributed by atoms with Crippen LogP contribution in [0.4, 0.5) is 0 Å². The third-order valence-electron chi connectivity index (χ3n) is 3.25. The van der Waals surface area contributed by atoms with Gasteiger partial charge in [0.25, 0.3) is 5.91 Å². The van der Waals surface area contributed by atoms with Gasteiger partial charge in [0.2, 0.25) is 13.4 Å². The largest absolute Gasteiger partial charge is 0.454 e. The van der Waals surface area contributed by atoms with Crippen LogP contribution in [0.2, 0.25) is 0 Å². The molecule has 1 heterocycles. The molecule has 25 heavy (non-hydrogen) atoms. The lowest BCUT2D eigenvalue weighted by Crippen LogP contribution is -2.32. The lowest BCUT2D eigenvalue weighted by atomic mass is 10.1. The summed E-state index contributed by atoms with van der Waals surface area (Å²) in [4.78, 5) is 27.9. The highest BCUT2D eigenvalue weighted by molar-refractivity contribution is 5.99. The zero-order chi connectivity index (χ0) is 18.2. The van der Waals surface area contributed by atoms with Gasteiger partial charge in [0, 0.05) is 12.1 Å². The van der Waals surface area contributed by atoms with Crippen molar-refractivity contribution in [2.75, 3.05) is 26.6 Å². The number of ether oxygens (including phenoxy) is 3. The number of oxime groups is 1. The third-order valence-corrected chi connectivity index (χ3v) is 3.25. The number of nitrogens with zero attached hydrogens (tertiary/aromatic N) is 1. The number of nitrogens with one attached hydrogen (secondary N) is 1. The quantitative estimate of drug-likeness (QED) is 0.433. The molecule has 0 saturated carbocycles. The van der Waals surface area contributed by atoms with Crippen molar-refractivity contribution in [2.24, 2.45) is 11.1 Å². The average molecular weight is 350 g/mol. The predicted molar refractivity (Wildman–Crippen MR) is 89.5 cm³/mol. The Hall–Kier alpha value is -2.77. The number of carbonyl (C=O) groups excluding carboxylic acids is 2. The first kappa shape index (κ1) is 18.6. The molecular weight excluding hydrogens is 328 g/mol. The molecule has 0 aromatic heterocycles. The molecule has 136 valence electrons. The molecule has 1 aliphatic heterocycles. The molecule has 2 rings (SSSR count). The van der Waals surface area contributed by atoms with Gasteiger partial charge in [-0.2, -0.15) is 0 Å². The van der Waals surface area contributed by atoms with Gasteiger partial charge < -0.3 is 24.4 Å². The molecule has 0 bridgehead atoms. The Morgan fingerprint density at radius 1 is 1.24 bits per heavy atom. The van der Waals surface area contributed by atoms with Gasteiger partial charge in [0.1, 0.15) is 0 Å². The Morgan fingerprint density at radius 2 is 2.00 bits per heavy atom. The number of hydrogen-bond acceptors (Lipinski definition) is 7. The van der Waals surface area contributed by atoms with E-state index in [1.54, 1.807) is 19.1 Å². The summed E-state index contributed by atoms with van der Waals surface area (Å²) >= 11 is 0. The van der Waals surface area contributed by atoms with E-state index in [0.717, 1.165) is 5.56 Å². The molecule has 0 fully saturated rings. The fraction of sp³-hybridized carbons (Fsp3) is 0.471. The normalized spacial score (nSPS) is 12.9. The number of benzene rings is 1. The topological polar surface area (TPSA) is 95.5 Å². The fourth-order valence-corrected chi connectivity index (χ4v) is 1.91. The Kier molecular flexibility index (Phi) is 6.62. The van der Waals surface area contributed by atoms with E-state index in [2.05, 4.69) is 10.5 Å². The first-order valence-electron chi connectivity index (χ1n) is 7.94. The number of esters is 1. The van der Waals surface area contributed by atoms with Crippen LogP contribution in [0.5, 0.6) is 11.5 Å². The lowest BCUT2D eigenvalue weighted by Gasteiger charge is -2.08. The van der Waals surface area contributed by atoms with Crippen LogP contribution in [-0.2, 0) is 19.2 Å². The summed E-state index contributed by atoms with van der Waals surface area (Å²) in [6, 6.07) is 5.37. The van der Waals surface area contributed by atoms with Gasteiger partial charge in [-0.15, -0.1) is 0 Å². The molecule has 0 saturated heterocycles. The summed E-state index contributed by atoms with van der Waals surface area (Å²) in [5.41, 5.74) is 1.35. The van der Waals surface area contributed by atoms with E-state index in [4.69, 9.17) is 19.0 Å². The number of amides is 1. The van der Waals surface area contributed by atoms with Gasteiger partial charge in [0.05, 0.1) is 5.71 Å². The molecule has 0 aliphatic carbocycles. The van der Waals surface area contributed by atoms with Crippen LogP contribution in [0.1, 0.15) is 26.3 Å². The van der Waals surface area contributed by atoms with Crippen molar-refractivity contribution in [1.29, 1.82) is 0 Å². The van der Waals surface area contributed by atoms with Crippen LogP contribution in [0.3, 0.4) is 0 Å². The van der Waals surface area contributed by atoms with Gasteiger partial charge in [-0.05, 0) is 31.0 Å². The van der Waals surface area contributed by atoms with Crippen molar-refractivity contribution in [3.8, 4) is 11.5 Å². The van der Waals surface area contributed by atoms with Crippen molar-refractivity contribution in [2.45, 2.75) is 20.8 Å². The Bertz CT molecular complexity index is 657. The predicted octanol–water partition coefficient (Wildman–Crippen LogP) is 1.47. The van der Waals surface area contributed by atoms with Crippen LogP contribution < -0.4 is 14.8 Å². The van der Waals surface area contributed by atoms with Crippen molar-refractivity contribution in [1.82, 2.24) is 5.32 Å². The molecule has 1 aromatic rings. The molecule has 0 radical (unpaired) electrons. The highest BCUT2D eigenvalue weighted by Crippen LogP contribution is 2.32. The second-order valence-corrected chi connectivity index (χ2v) is 5.88. The molecule has 8 nitrogen and oxygen atoms in total. The second kappa shape index (κ2) is 8.91. The monoisotopic (exact) mass is 350 g/mol. The molecule has 0 unspecified atom stereocenters. The van der Waals surface area contributed by atoms with Gasteiger partial charge >= 0.3 is 5.97 Å². The van der Waals surface area contributed by atoms with Gasteiger partial charge in [0.15, 0.2) is 18.1 Å². The van der Waals surface area contributed by atoms with Crippen LogP contribution in [-0.4, -0.2) is 44.1 Å². The number of fused-ring (bicyclic) bond motifs is 1. The molecule has 0 atom stereocenters. The van der Waals surface area contributed by atoms with E-state index in [1.165, 1.54) is 0 Å². The lowest BCUT2D eigenvalue weighted by molar-refractivity contribution is -0.152.